The van der Waals surface area contributed by atoms with Gasteiger partial charge in [0.25, 0.3) is 21.8 Å². The molecule has 2 amide bonds. The van der Waals surface area contributed by atoms with Crippen molar-refractivity contribution in [2.75, 3.05) is 4.72 Å². The summed E-state index contributed by atoms with van der Waals surface area (Å²) in [5.74, 6) is -1.42. The molecule has 3 N–H and O–H groups in total. The fraction of sp³-hybridized carbons (Fsp3) is 0. The van der Waals surface area contributed by atoms with E-state index in [4.69, 9.17) is 11.6 Å². The molecule has 0 fully saturated rings. The third-order valence-corrected chi connectivity index (χ3v) is 6.22. The molecule has 0 atom stereocenters. The van der Waals surface area contributed by atoms with E-state index in [1.54, 1.807) is 42.5 Å². The maximum atomic E-state index is 12.7. The predicted octanol–water partition coefficient (Wildman–Crippen LogP) is 2.80. The fourth-order valence-electron chi connectivity index (χ4n) is 2.85. The first kappa shape index (κ1) is 23.0. The van der Waals surface area contributed by atoms with Gasteiger partial charge in [-0.2, -0.15) is 9.90 Å². The van der Waals surface area contributed by atoms with E-state index >= 15 is 0 Å². The number of rotatable bonds is 6. The second-order valence-corrected chi connectivity index (χ2v) is 8.97. The van der Waals surface area contributed by atoms with Crippen molar-refractivity contribution >= 4 is 39.1 Å². The molecule has 0 aliphatic rings. The van der Waals surface area contributed by atoms with Gasteiger partial charge in [0.1, 0.15) is 0 Å². The first-order valence-corrected chi connectivity index (χ1v) is 11.7. The van der Waals surface area contributed by atoms with Crippen LogP contribution in [0.5, 0.6) is 0 Å². The van der Waals surface area contributed by atoms with Crippen molar-refractivity contribution in [3.63, 3.8) is 0 Å². The van der Waals surface area contributed by atoms with Gasteiger partial charge in [0.2, 0.25) is 0 Å². The number of hydrazine groups is 1. The number of halogens is 1. The smallest absolute Gasteiger partial charge is 0.278 e. The van der Waals surface area contributed by atoms with E-state index in [9.17, 15) is 18.0 Å². The van der Waals surface area contributed by atoms with Crippen molar-refractivity contribution in [2.24, 2.45) is 0 Å². The van der Waals surface area contributed by atoms with Gasteiger partial charge in [-0.15, -0.1) is 5.10 Å². The number of hydrogen-bond donors (Lipinski definition) is 3. The van der Waals surface area contributed by atoms with Gasteiger partial charge in [0, 0.05) is 5.56 Å². The number of nitrogens with one attached hydrogen (secondary N) is 3. The van der Waals surface area contributed by atoms with Crippen LogP contribution in [0.15, 0.2) is 90.0 Å². The molecule has 0 radical (unpaired) electrons. The largest absolute Gasteiger partial charge is 0.291 e. The number of nitrogens with zero attached hydrogens (tertiary/aromatic N) is 3. The molecule has 34 heavy (non-hydrogen) atoms. The van der Waals surface area contributed by atoms with E-state index in [0.717, 1.165) is 0 Å². The van der Waals surface area contributed by atoms with E-state index in [2.05, 4.69) is 25.8 Å². The Morgan fingerprint density at radius 1 is 0.853 bits per heavy atom. The second kappa shape index (κ2) is 9.73. The van der Waals surface area contributed by atoms with Crippen LogP contribution in [-0.4, -0.2) is 35.2 Å². The standard InChI is InChI=1S/C22H17ClN6O4S/c23-18-11-4-5-12-19(18)28-34(32,33)17-10-6-7-15(13-17)21(30)25-26-22(31)20-14-24-29(27-20)16-8-2-1-3-9-16/h1-14,28H,(H,25,30)(H,26,31). The lowest BCUT2D eigenvalue weighted by molar-refractivity contribution is 0.0843. The van der Waals surface area contributed by atoms with Crippen LogP contribution in [0.1, 0.15) is 20.8 Å². The first-order chi connectivity index (χ1) is 16.3. The molecular formula is C22H17ClN6O4S. The number of benzene rings is 3. The zero-order valence-electron chi connectivity index (χ0n) is 17.3. The molecule has 0 aliphatic heterocycles. The van der Waals surface area contributed by atoms with Crippen molar-refractivity contribution in [1.82, 2.24) is 25.8 Å². The van der Waals surface area contributed by atoms with Gasteiger partial charge in [-0.05, 0) is 42.5 Å². The number of amides is 2. The number of aromatic nitrogens is 3. The molecule has 0 unspecified atom stereocenters. The van der Waals surface area contributed by atoms with Gasteiger partial charge in [-0.25, -0.2) is 8.42 Å². The Morgan fingerprint density at radius 2 is 1.56 bits per heavy atom. The number of carbonyl (C=O) groups is 2. The van der Waals surface area contributed by atoms with E-state index in [-0.39, 0.29) is 26.9 Å². The molecule has 172 valence electrons. The van der Waals surface area contributed by atoms with E-state index in [0.29, 0.717) is 5.69 Å². The van der Waals surface area contributed by atoms with Crippen LogP contribution in [0.2, 0.25) is 5.02 Å². The average molecular weight is 497 g/mol. The molecule has 0 aliphatic carbocycles. The van der Waals surface area contributed by atoms with Crippen LogP contribution >= 0.6 is 11.6 Å². The highest BCUT2D eigenvalue weighted by Gasteiger charge is 2.18. The van der Waals surface area contributed by atoms with Crippen molar-refractivity contribution < 1.29 is 18.0 Å². The Morgan fingerprint density at radius 3 is 2.32 bits per heavy atom. The molecule has 0 saturated carbocycles. The number of carbonyl (C=O) groups excluding carboxylic acids is 2. The van der Waals surface area contributed by atoms with Gasteiger partial charge >= 0.3 is 0 Å². The van der Waals surface area contributed by atoms with Crippen LogP contribution in [0.4, 0.5) is 5.69 Å². The third kappa shape index (κ3) is 5.22. The summed E-state index contributed by atoms with van der Waals surface area (Å²) in [5, 5.41) is 8.32. The summed E-state index contributed by atoms with van der Waals surface area (Å²) in [6, 6.07) is 20.7. The monoisotopic (exact) mass is 496 g/mol. The van der Waals surface area contributed by atoms with E-state index < -0.39 is 21.8 Å². The lowest BCUT2D eigenvalue weighted by atomic mass is 10.2. The van der Waals surface area contributed by atoms with Crippen LogP contribution in [0.3, 0.4) is 0 Å². The Balaban J connectivity index is 1.42. The van der Waals surface area contributed by atoms with Gasteiger partial charge < -0.3 is 0 Å². The lowest BCUT2D eigenvalue weighted by Gasteiger charge is -2.11. The molecule has 0 spiro atoms. The van der Waals surface area contributed by atoms with Crippen LogP contribution < -0.4 is 15.6 Å². The average Bonchev–Trinajstić information content (AvgIpc) is 3.35. The highest BCUT2D eigenvalue weighted by atomic mass is 35.5. The molecule has 10 nitrogen and oxygen atoms in total. The van der Waals surface area contributed by atoms with Crippen LogP contribution in [0, 0.1) is 0 Å². The molecule has 0 bridgehead atoms. The van der Waals surface area contributed by atoms with Crippen LogP contribution in [0.25, 0.3) is 5.69 Å². The van der Waals surface area contributed by atoms with Crippen molar-refractivity contribution in [2.45, 2.75) is 4.90 Å². The number of hydrogen-bond acceptors (Lipinski definition) is 6. The van der Waals surface area contributed by atoms with E-state index in [1.165, 1.54) is 41.3 Å². The van der Waals surface area contributed by atoms with Crippen molar-refractivity contribution in [3.05, 3.63) is 101 Å². The quantitative estimate of drug-likeness (QED) is 0.351. The van der Waals surface area contributed by atoms with Gasteiger partial charge in [0.15, 0.2) is 5.69 Å². The highest BCUT2D eigenvalue weighted by Crippen LogP contribution is 2.24. The molecular weight excluding hydrogens is 480 g/mol. The number of para-hydroxylation sites is 2. The molecule has 1 aromatic heterocycles. The summed E-state index contributed by atoms with van der Waals surface area (Å²) in [7, 11) is -4.01. The Hall–Kier alpha value is -4.22. The summed E-state index contributed by atoms with van der Waals surface area (Å²) >= 11 is 6.01. The number of anilines is 1. The summed E-state index contributed by atoms with van der Waals surface area (Å²) in [6.45, 7) is 0. The van der Waals surface area contributed by atoms with Gasteiger partial charge in [-0.3, -0.25) is 25.2 Å². The normalized spacial score (nSPS) is 11.0. The second-order valence-electron chi connectivity index (χ2n) is 6.88. The molecule has 1 heterocycles. The number of sulfonamides is 1. The minimum absolute atomic E-state index is 0.00951. The van der Waals surface area contributed by atoms with Gasteiger partial charge in [-0.1, -0.05) is 48.0 Å². The predicted molar refractivity (Wildman–Crippen MR) is 125 cm³/mol. The zero-order chi connectivity index (χ0) is 24.1. The summed E-state index contributed by atoms with van der Waals surface area (Å²) in [6.07, 6.45) is 1.25. The molecule has 4 rings (SSSR count). The minimum Gasteiger partial charge on any atom is -0.278 e. The minimum atomic E-state index is -4.01. The molecule has 3 aromatic carbocycles. The molecule has 4 aromatic rings. The SMILES string of the molecule is O=C(NNC(=O)c1cnn(-c2ccccc2)n1)c1cccc(S(=O)(=O)Nc2ccccc2Cl)c1. The Kier molecular flexibility index (Phi) is 6.57. The maximum Gasteiger partial charge on any atom is 0.291 e. The first-order valence-electron chi connectivity index (χ1n) is 9.79. The van der Waals surface area contributed by atoms with E-state index in [1.807, 2.05) is 6.07 Å². The fourth-order valence-corrected chi connectivity index (χ4v) is 4.22. The molecule has 12 heteroatoms. The highest BCUT2D eigenvalue weighted by molar-refractivity contribution is 7.92. The van der Waals surface area contributed by atoms with Crippen LogP contribution in [-0.2, 0) is 10.0 Å². The lowest BCUT2D eigenvalue weighted by Crippen LogP contribution is -2.41. The summed E-state index contributed by atoms with van der Waals surface area (Å²) < 4.78 is 27.8. The Bertz CT molecular complexity index is 1460. The Labute approximate surface area is 199 Å². The summed E-state index contributed by atoms with van der Waals surface area (Å²) in [4.78, 5) is 25.9. The summed E-state index contributed by atoms with van der Waals surface area (Å²) in [5.41, 5.74) is 5.31. The molecule has 0 saturated heterocycles. The van der Waals surface area contributed by atoms with Crippen molar-refractivity contribution in [1.29, 1.82) is 0 Å². The zero-order valence-corrected chi connectivity index (χ0v) is 18.9. The maximum absolute atomic E-state index is 12.7. The van der Waals surface area contributed by atoms with Gasteiger partial charge in [0.05, 0.1) is 27.5 Å². The third-order valence-electron chi connectivity index (χ3n) is 4.53. The van der Waals surface area contributed by atoms with Crippen molar-refractivity contribution in [3.8, 4) is 5.69 Å². The topological polar surface area (TPSA) is 135 Å².